The molecule has 0 unspecified atom stereocenters. The van der Waals surface area contributed by atoms with Crippen LogP contribution in [0.1, 0.15) is 37.3 Å². The van der Waals surface area contributed by atoms with E-state index in [-0.39, 0.29) is 5.54 Å². The lowest BCUT2D eigenvalue weighted by Crippen LogP contribution is -2.16. The van der Waals surface area contributed by atoms with Gasteiger partial charge in [0.05, 0.1) is 24.6 Å². The van der Waals surface area contributed by atoms with Crippen LogP contribution in [0.4, 0.5) is 0 Å². The van der Waals surface area contributed by atoms with Crippen LogP contribution in [-0.2, 0) is 10.3 Å². The highest BCUT2D eigenvalue weighted by Gasteiger charge is 2.46. The third kappa shape index (κ3) is 1.50. The number of nitriles is 1. The van der Waals surface area contributed by atoms with E-state index in [9.17, 15) is 0 Å². The third-order valence-electron chi connectivity index (χ3n) is 3.46. The van der Waals surface area contributed by atoms with Crippen LogP contribution in [0, 0.1) is 11.3 Å². The molecule has 1 saturated carbocycles. The fraction of sp³-hybridized carbons (Fsp3) is 0.727. The maximum absolute atomic E-state index is 9.07. The van der Waals surface area contributed by atoms with Crippen molar-refractivity contribution in [2.45, 2.75) is 37.1 Å². The molecule has 2 fully saturated rings. The van der Waals surface area contributed by atoms with Gasteiger partial charge in [0.2, 0.25) is 0 Å². The average Bonchev–Trinajstić information content (AvgIpc) is 3.00. The van der Waals surface area contributed by atoms with Crippen molar-refractivity contribution >= 4 is 0 Å². The molecule has 5 nitrogen and oxygen atoms in total. The summed E-state index contributed by atoms with van der Waals surface area (Å²) in [4.78, 5) is 0. The average molecular weight is 218 g/mol. The van der Waals surface area contributed by atoms with Crippen LogP contribution >= 0.6 is 0 Å². The first-order valence-electron chi connectivity index (χ1n) is 5.76. The molecule has 1 saturated heterocycles. The summed E-state index contributed by atoms with van der Waals surface area (Å²) in [5.41, 5.74) is 0.585. The molecule has 1 aromatic heterocycles. The largest absolute Gasteiger partial charge is 0.381 e. The van der Waals surface area contributed by atoms with Crippen molar-refractivity contribution < 1.29 is 4.74 Å². The Labute approximate surface area is 94.0 Å². The van der Waals surface area contributed by atoms with Crippen molar-refractivity contribution in [3.05, 3.63) is 11.9 Å². The molecule has 1 aliphatic carbocycles. The van der Waals surface area contributed by atoms with Crippen LogP contribution < -0.4 is 0 Å². The lowest BCUT2D eigenvalue weighted by Gasteiger charge is -2.19. The Balaban J connectivity index is 1.80. The van der Waals surface area contributed by atoms with Crippen molar-refractivity contribution in [1.82, 2.24) is 15.0 Å². The van der Waals surface area contributed by atoms with Gasteiger partial charge < -0.3 is 4.74 Å². The van der Waals surface area contributed by atoms with E-state index in [1.165, 1.54) is 0 Å². The Morgan fingerprint density at radius 2 is 2.44 bits per heavy atom. The lowest BCUT2D eigenvalue weighted by atomic mass is 9.99. The number of hydrogen-bond acceptors (Lipinski definition) is 4. The first-order valence-corrected chi connectivity index (χ1v) is 5.76. The Morgan fingerprint density at radius 1 is 1.56 bits per heavy atom. The molecule has 84 valence electrons. The van der Waals surface area contributed by atoms with Crippen LogP contribution in [0.15, 0.2) is 6.20 Å². The van der Waals surface area contributed by atoms with Crippen LogP contribution in [0.25, 0.3) is 0 Å². The highest BCUT2D eigenvalue weighted by atomic mass is 16.5. The number of aromatic nitrogens is 3. The fourth-order valence-electron chi connectivity index (χ4n) is 2.16. The summed E-state index contributed by atoms with van der Waals surface area (Å²) in [7, 11) is 0. The standard InChI is InChI=1S/C11H14N4O/c12-8-11(3-4-11)15-6-10(13-14-15)9-2-1-5-16-7-9/h6,9H,1-5,7H2/t9-/m0/s1. The zero-order chi connectivity index (χ0) is 11.0. The molecule has 0 spiro atoms. The molecule has 1 aliphatic heterocycles. The van der Waals surface area contributed by atoms with Gasteiger partial charge in [-0.05, 0) is 25.7 Å². The summed E-state index contributed by atoms with van der Waals surface area (Å²) in [5.74, 6) is 0.358. The Hall–Kier alpha value is -1.41. The van der Waals surface area contributed by atoms with Gasteiger partial charge in [-0.15, -0.1) is 5.10 Å². The maximum atomic E-state index is 9.07. The van der Waals surface area contributed by atoms with Gasteiger partial charge in [-0.3, -0.25) is 0 Å². The molecular formula is C11H14N4O. The molecule has 2 aliphatic rings. The van der Waals surface area contributed by atoms with E-state index in [4.69, 9.17) is 10.00 Å². The molecule has 2 heterocycles. The van der Waals surface area contributed by atoms with Crippen LogP contribution in [0.2, 0.25) is 0 Å². The Morgan fingerprint density at radius 3 is 3.06 bits per heavy atom. The second-order valence-corrected chi connectivity index (χ2v) is 4.65. The van der Waals surface area contributed by atoms with Gasteiger partial charge >= 0.3 is 0 Å². The minimum atomic E-state index is -0.388. The van der Waals surface area contributed by atoms with Gasteiger partial charge in [-0.2, -0.15) is 5.26 Å². The van der Waals surface area contributed by atoms with Gasteiger partial charge in [0.25, 0.3) is 0 Å². The minimum Gasteiger partial charge on any atom is -0.381 e. The first kappa shape index (κ1) is 9.79. The number of nitrogens with zero attached hydrogens (tertiary/aromatic N) is 4. The molecule has 0 amide bonds. The van der Waals surface area contributed by atoms with E-state index in [1.54, 1.807) is 4.68 Å². The topological polar surface area (TPSA) is 63.7 Å². The SMILES string of the molecule is N#CC1(n2cc([C@H]3CCCOC3)nn2)CC1. The molecule has 0 radical (unpaired) electrons. The van der Waals surface area contributed by atoms with Crippen molar-refractivity contribution in [1.29, 1.82) is 5.26 Å². The number of hydrogen-bond donors (Lipinski definition) is 0. The molecule has 0 N–H and O–H groups in total. The predicted molar refractivity (Wildman–Crippen MR) is 55.6 cm³/mol. The normalized spacial score (nSPS) is 27.3. The summed E-state index contributed by atoms with van der Waals surface area (Å²) >= 11 is 0. The second kappa shape index (κ2) is 3.56. The summed E-state index contributed by atoms with van der Waals surface area (Å²) in [6.45, 7) is 1.59. The smallest absolute Gasteiger partial charge is 0.150 e. The third-order valence-corrected chi connectivity index (χ3v) is 3.46. The molecule has 0 aromatic carbocycles. The van der Waals surface area contributed by atoms with E-state index in [2.05, 4.69) is 16.4 Å². The fourth-order valence-corrected chi connectivity index (χ4v) is 2.16. The summed E-state index contributed by atoms with van der Waals surface area (Å²) in [5, 5.41) is 17.3. The van der Waals surface area contributed by atoms with Gasteiger partial charge in [-0.25, -0.2) is 4.68 Å². The predicted octanol–water partition coefficient (Wildman–Crippen LogP) is 1.18. The van der Waals surface area contributed by atoms with Gasteiger partial charge in [0.1, 0.15) is 0 Å². The van der Waals surface area contributed by atoms with Crippen LogP contribution in [0.5, 0.6) is 0 Å². The van der Waals surface area contributed by atoms with E-state index < -0.39 is 0 Å². The first-order chi connectivity index (χ1) is 7.84. The van der Waals surface area contributed by atoms with Gasteiger partial charge in [0, 0.05) is 12.5 Å². The highest BCUT2D eigenvalue weighted by Crippen LogP contribution is 2.42. The van der Waals surface area contributed by atoms with E-state index in [0.29, 0.717) is 5.92 Å². The molecule has 0 bridgehead atoms. The summed E-state index contributed by atoms with van der Waals surface area (Å²) in [6, 6.07) is 2.31. The molecular weight excluding hydrogens is 204 g/mol. The lowest BCUT2D eigenvalue weighted by molar-refractivity contribution is 0.0792. The van der Waals surface area contributed by atoms with Crippen molar-refractivity contribution in [3.8, 4) is 6.07 Å². The summed E-state index contributed by atoms with van der Waals surface area (Å²) in [6.07, 6.45) is 5.91. The van der Waals surface area contributed by atoms with E-state index in [0.717, 1.165) is 44.6 Å². The zero-order valence-corrected chi connectivity index (χ0v) is 9.09. The molecule has 5 heteroatoms. The van der Waals surface area contributed by atoms with E-state index in [1.807, 2.05) is 6.20 Å². The van der Waals surface area contributed by atoms with Crippen molar-refractivity contribution in [3.63, 3.8) is 0 Å². The molecule has 16 heavy (non-hydrogen) atoms. The monoisotopic (exact) mass is 218 g/mol. The van der Waals surface area contributed by atoms with Gasteiger partial charge in [0.15, 0.2) is 5.54 Å². The molecule has 3 rings (SSSR count). The Bertz CT molecular complexity index is 423. The van der Waals surface area contributed by atoms with E-state index >= 15 is 0 Å². The number of ether oxygens (including phenoxy) is 1. The van der Waals surface area contributed by atoms with Gasteiger partial charge in [-0.1, -0.05) is 5.21 Å². The molecule has 1 aromatic rings. The van der Waals surface area contributed by atoms with Crippen LogP contribution in [0.3, 0.4) is 0 Å². The summed E-state index contributed by atoms with van der Waals surface area (Å²) < 4.78 is 7.16. The van der Waals surface area contributed by atoms with Crippen molar-refractivity contribution in [2.24, 2.45) is 0 Å². The minimum absolute atomic E-state index is 0.358. The molecule has 1 atom stereocenters. The zero-order valence-electron chi connectivity index (χ0n) is 9.09. The van der Waals surface area contributed by atoms with Crippen molar-refractivity contribution in [2.75, 3.05) is 13.2 Å². The second-order valence-electron chi connectivity index (χ2n) is 4.65. The van der Waals surface area contributed by atoms with Crippen LogP contribution in [-0.4, -0.2) is 28.2 Å². The number of rotatable bonds is 2. The maximum Gasteiger partial charge on any atom is 0.150 e. The quantitative estimate of drug-likeness (QED) is 0.747. The highest BCUT2D eigenvalue weighted by molar-refractivity contribution is 5.17. The Kier molecular flexibility index (Phi) is 2.18.